The van der Waals surface area contributed by atoms with Crippen LogP contribution in [0.15, 0.2) is 64.5 Å². The molecule has 1 aliphatic heterocycles. The molecule has 2 aromatic carbocycles. The van der Waals surface area contributed by atoms with E-state index in [1.807, 2.05) is 50.4 Å². The first-order valence-corrected chi connectivity index (χ1v) is 12.4. The second kappa shape index (κ2) is 9.67. The first kappa shape index (κ1) is 22.2. The van der Waals surface area contributed by atoms with Crippen LogP contribution in [0.1, 0.15) is 21.6 Å². The number of aryl methyl sites for hydroxylation is 2. The molecule has 3 amide bonds. The van der Waals surface area contributed by atoms with Crippen LogP contribution in [0.4, 0.5) is 21.9 Å². The summed E-state index contributed by atoms with van der Waals surface area (Å²) in [5, 5.41) is 6.73. The quantitative estimate of drug-likeness (QED) is 0.476. The van der Waals surface area contributed by atoms with Crippen molar-refractivity contribution in [2.75, 3.05) is 34.1 Å². The molecular weight excluding hydrogens is 440 g/mol. The molecule has 32 heavy (non-hydrogen) atoms. The summed E-state index contributed by atoms with van der Waals surface area (Å²) in [6.45, 7) is 4.55. The van der Waals surface area contributed by atoms with Gasteiger partial charge in [0.05, 0.1) is 5.69 Å². The van der Waals surface area contributed by atoms with Gasteiger partial charge in [0.2, 0.25) is 0 Å². The maximum absolute atomic E-state index is 13.1. The van der Waals surface area contributed by atoms with Crippen LogP contribution in [0.25, 0.3) is 0 Å². The summed E-state index contributed by atoms with van der Waals surface area (Å²) in [5.41, 5.74) is 4.59. The maximum atomic E-state index is 13.1. The van der Waals surface area contributed by atoms with E-state index in [4.69, 9.17) is 0 Å². The van der Waals surface area contributed by atoms with E-state index >= 15 is 0 Å². The molecule has 0 radical (unpaired) electrons. The van der Waals surface area contributed by atoms with Gasteiger partial charge in [-0.3, -0.25) is 9.69 Å². The lowest BCUT2D eigenvalue weighted by atomic mass is 10.1. The number of nitrogens with one attached hydrogen (secondary N) is 2. The van der Waals surface area contributed by atoms with Crippen molar-refractivity contribution in [2.45, 2.75) is 23.8 Å². The summed E-state index contributed by atoms with van der Waals surface area (Å²) in [7, 11) is 0. The molecule has 2 N–H and O–H groups in total. The monoisotopic (exact) mass is 464 g/mol. The number of pyridine rings is 1. The smallest absolute Gasteiger partial charge is 0.322 e. The van der Waals surface area contributed by atoms with Crippen molar-refractivity contribution >= 4 is 52.5 Å². The number of benzene rings is 2. The molecule has 1 aliphatic rings. The van der Waals surface area contributed by atoms with Gasteiger partial charge in [-0.1, -0.05) is 12.1 Å². The molecule has 0 bridgehead atoms. The number of rotatable bonds is 4. The number of nitrogens with zero attached hydrogens (tertiary/aromatic N) is 2. The predicted molar refractivity (Wildman–Crippen MR) is 133 cm³/mol. The van der Waals surface area contributed by atoms with Crippen molar-refractivity contribution in [1.29, 1.82) is 0 Å². The first-order valence-electron chi connectivity index (χ1n) is 10.2. The van der Waals surface area contributed by atoms with Gasteiger partial charge in [0.15, 0.2) is 0 Å². The van der Waals surface area contributed by atoms with Gasteiger partial charge in [-0.25, -0.2) is 9.78 Å². The zero-order chi connectivity index (χ0) is 22.7. The molecule has 3 aromatic rings. The van der Waals surface area contributed by atoms with Crippen LogP contribution in [0.3, 0.4) is 0 Å². The third-order valence-electron chi connectivity index (χ3n) is 5.05. The summed E-state index contributed by atoms with van der Waals surface area (Å²) < 4.78 is 0. The summed E-state index contributed by atoms with van der Waals surface area (Å²) in [5.74, 6) is 0.558. The molecule has 0 atom stereocenters. The van der Waals surface area contributed by atoms with Gasteiger partial charge in [0.25, 0.3) is 5.91 Å². The van der Waals surface area contributed by atoms with E-state index < -0.39 is 0 Å². The maximum Gasteiger partial charge on any atom is 0.326 e. The molecule has 0 fully saturated rings. The van der Waals surface area contributed by atoms with Crippen molar-refractivity contribution in [3.05, 3.63) is 71.4 Å². The Morgan fingerprint density at radius 3 is 2.56 bits per heavy atom. The van der Waals surface area contributed by atoms with Crippen LogP contribution < -0.4 is 15.5 Å². The molecule has 1 aromatic heterocycles. The Hall–Kier alpha value is -2.97. The van der Waals surface area contributed by atoms with Crippen LogP contribution >= 0.6 is 23.5 Å². The number of hydrogen-bond donors (Lipinski definition) is 2. The summed E-state index contributed by atoms with van der Waals surface area (Å²) in [4.78, 5) is 33.2. The minimum absolute atomic E-state index is 0.227. The number of fused-ring (bicyclic) bond motifs is 1. The van der Waals surface area contributed by atoms with Crippen LogP contribution in [0, 0.1) is 13.8 Å². The van der Waals surface area contributed by atoms with Gasteiger partial charge >= 0.3 is 6.03 Å². The van der Waals surface area contributed by atoms with Crippen molar-refractivity contribution in [1.82, 2.24) is 4.98 Å². The van der Waals surface area contributed by atoms with Crippen molar-refractivity contribution in [3.63, 3.8) is 0 Å². The largest absolute Gasteiger partial charge is 0.326 e. The highest BCUT2D eigenvalue weighted by atomic mass is 32.2. The standard InChI is InChI=1S/C24H24N4O2S2/c1-15-12-16(2)25-23-21(15)28(10-11-32-23)24(30)27-18-7-4-6-17(13-18)22(29)26-19-8-5-9-20(14-19)31-3/h4-9,12-14H,10-11H2,1-3H3,(H,26,29)(H,27,30). The van der Waals surface area contributed by atoms with Gasteiger partial charge in [-0.15, -0.1) is 23.5 Å². The van der Waals surface area contributed by atoms with E-state index in [9.17, 15) is 9.59 Å². The van der Waals surface area contributed by atoms with Gasteiger partial charge < -0.3 is 10.6 Å². The molecule has 2 heterocycles. The number of carbonyl (C=O) groups excluding carboxylic acids is 2. The Kier molecular flexibility index (Phi) is 6.72. The Bertz CT molecular complexity index is 1180. The molecule has 0 saturated carbocycles. The fourth-order valence-corrected chi connectivity index (χ4v) is 5.15. The third kappa shape index (κ3) is 4.92. The predicted octanol–water partition coefficient (Wildman–Crippen LogP) is 5.82. The van der Waals surface area contributed by atoms with Crippen LogP contribution in [0.2, 0.25) is 0 Å². The molecule has 0 saturated heterocycles. The second-order valence-corrected chi connectivity index (χ2v) is 9.39. The summed E-state index contributed by atoms with van der Waals surface area (Å²) in [6, 6.07) is 16.4. The number of thioether (sulfide) groups is 2. The Labute approximate surface area is 196 Å². The number of aromatic nitrogens is 1. The lowest BCUT2D eigenvalue weighted by molar-refractivity contribution is 0.102. The Morgan fingerprint density at radius 2 is 1.78 bits per heavy atom. The lowest BCUT2D eigenvalue weighted by Crippen LogP contribution is -2.39. The number of urea groups is 1. The van der Waals surface area contributed by atoms with Crippen molar-refractivity contribution in [3.8, 4) is 0 Å². The second-order valence-electron chi connectivity index (χ2n) is 7.43. The van der Waals surface area contributed by atoms with E-state index in [2.05, 4.69) is 15.6 Å². The molecule has 0 unspecified atom stereocenters. The minimum Gasteiger partial charge on any atom is -0.322 e. The van der Waals surface area contributed by atoms with E-state index in [0.29, 0.717) is 17.8 Å². The van der Waals surface area contributed by atoms with E-state index in [0.717, 1.165) is 38.3 Å². The van der Waals surface area contributed by atoms with E-state index in [1.165, 1.54) is 0 Å². The zero-order valence-electron chi connectivity index (χ0n) is 18.1. The van der Waals surface area contributed by atoms with E-state index in [-0.39, 0.29) is 11.9 Å². The molecule has 0 spiro atoms. The average molecular weight is 465 g/mol. The number of anilines is 3. The number of amides is 3. The molecule has 0 aliphatic carbocycles. The average Bonchev–Trinajstić information content (AvgIpc) is 2.78. The molecule has 4 rings (SSSR count). The zero-order valence-corrected chi connectivity index (χ0v) is 19.8. The van der Waals surface area contributed by atoms with Gasteiger partial charge in [0, 0.05) is 39.8 Å². The lowest BCUT2D eigenvalue weighted by Gasteiger charge is -2.30. The SMILES string of the molecule is CSc1cccc(NC(=O)c2cccc(NC(=O)N3CCSc4nc(C)cc(C)c43)c2)c1. The highest BCUT2D eigenvalue weighted by Crippen LogP contribution is 2.36. The van der Waals surface area contributed by atoms with Crippen LogP contribution in [-0.2, 0) is 0 Å². The van der Waals surface area contributed by atoms with Crippen LogP contribution in [-0.4, -0.2) is 35.5 Å². The van der Waals surface area contributed by atoms with Crippen molar-refractivity contribution in [2.24, 2.45) is 0 Å². The minimum atomic E-state index is -0.231. The first-order chi connectivity index (χ1) is 15.4. The molecular formula is C24H24N4O2S2. The van der Waals surface area contributed by atoms with Crippen LogP contribution in [0.5, 0.6) is 0 Å². The van der Waals surface area contributed by atoms with Crippen molar-refractivity contribution < 1.29 is 9.59 Å². The highest BCUT2D eigenvalue weighted by Gasteiger charge is 2.26. The molecule has 8 heteroatoms. The van der Waals surface area contributed by atoms with Gasteiger partial charge in [-0.05, 0) is 68.1 Å². The Balaban J connectivity index is 1.50. The molecule has 6 nitrogen and oxygen atoms in total. The van der Waals surface area contributed by atoms with Gasteiger partial charge in [-0.2, -0.15) is 0 Å². The number of carbonyl (C=O) groups is 2. The summed E-state index contributed by atoms with van der Waals surface area (Å²) >= 11 is 3.28. The fraction of sp³-hybridized carbons (Fsp3) is 0.208. The normalized spacial score (nSPS) is 12.8. The third-order valence-corrected chi connectivity index (χ3v) is 6.72. The topological polar surface area (TPSA) is 74.3 Å². The fourth-order valence-electron chi connectivity index (χ4n) is 3.61. The summed E-state index contributed by atoms with van der Waals surface area (Å²) in [6.07, 6.45) is 1.99. The number of hydrogen-bond acceptors (Lipinski definition) is 5. The molecule has 164 valence electrons. The van der Waals surface area contributed by atoms with Gasteiger partial charge in [0.1, 0.15) is 5.03 Å². The van der Waals surface area contributed by atoms with E-state index in [1.54, 1.807) is 52.7 Å². The Morgan fingerprint density at radius 1 is 1.03 bits per heavy atom. The highest BCUT2D eigenvalue weighted by molar-refractivity contribution is 7.99.